The van der Waals surface area contributed by atoms with Gasteiger partial charge in [-0.15, -0.1) is 0 Å². The van der Waals surface area contributed by atoms with Gasteiger partial charge < -0.3 is 10.5 Å². The van der Waals surface area contributed by atoms with Gasteiger partial charge in [0.2, 0.25) is 0 Å². The standard InChI is InChI=1S/C18H21NO/c1-12-4-5-13(11-19)8-16(12)14-6-7-17-15(9-14)10-18(2,3)20-17/h4-9H,10-11,19H2,1-3H3. The van der Waals surface area contributed by atoms with Crippen molar-refractivity contribution in [3.63, 3.8) is 0 Å². The molecule has 0 aromatic heterocycles. The third-order valence-corrected chi connectivity index (χ3v) is 3.91. The van der Waals surface area contributed by atoms with Gasteiger partial charge in [-0.3, -0.25) is 0 Å². The van der Waals surface area contributed by atoms with Crippen molar-refractivity contribution in [2.45, 2.75) is 39.3 Å². The number of aryl methyl sites for hydroxylation is 1. The summed E-state index contributed by atoms with van der Waals surface area (Å²) in [6.07, 6.45) is 0.964. The van der Waals surface area contributed by atoms with E-state index in [9.17, 15) is 0 Å². The maximum atomic E-state index is 5.94. The summed E-state index contributed by atoms with van der Waals surface area (Å²) >= 11 is 0. The van der Waals surface area contributed by atoms with E-state index in [1.807, 2.05) is 0 Å². The van der Waals surface area contributed by atoms with Crippen LogP contribution in [0.25, 0.3) is 11.1 Å². The molecular weight excluding hydrogens is 246 g/mol. The van der Waals surface area contributed by atoms with Crippen LogP contribution in [0, 0.1) is 6.92 Å². The summed E-state index contributed by atoms with van der Waals surface area (Å²) in [7, 11) is 0. The van der Waals surface area contributed by atoms with Crippen LogP contribution in [-0.2, 0) is 13.0 Å². The molecule has 1 aliphatic heterocycles. The van der Waals surface area contributed by atoms with Crippen LogP contribution in [-0.4, -0.2) is 5.60 Å². The Balaban J connectivity index is 2.05. The van der Waals surface area contributed by atoms with Gasteiger partial charge in [-0.25, -0.2) is 0 Å². The van der Waals surface area contributed by atoms with E-state index in [4.69, 9.17) is 10.5 Å². The van der Waals surface area contributed by atoms with Crippen LogP contribution in [0.15, 0.2) is 36.4 Å². The normalized spacial score (nSPS) is 15.8. The summed E-state index contributed by atoms with van der Waals surface area (Å²) in [6, 6.07) is 12.9. The highest BCUT2D eigenvalue weighted by Gasteiger charge is 2.30. The molecule has 2 aromatic rings. The van der Waals surface area contributed by atoms with Gasteiger partial charge in [0.25, 0.3) is 0 Å². The van der Waals surface area contributed by atoms with Crippen molar-refractivity contribution in [3.8, 4) is 16.9 Å². The third-order valence-electron chi connectivity index (χ3n) is 3.91. The van der Waals surface area contributed by atoms with Crippen LogP contribution in [0.4, 0.5) is 0 Å². The molecule has 0 saturated heterocycles. The fourth-order valence-electron chi connectivity index (χ4n) is 2.88. The highest BCUT2D eigenvalue weighted by Crippen LogP contribution is 2.38. The predicted octanol–water partition coefficient (Wildman–Crippen LogP) is 3.83. The molecule has 0 atom stereocenters. The lowest BCUT2D eigenvalue weighted by Gasteiger charge is -2.16. The zero-order valence-electron chi connectivity index (χ0n) is 12.4. The smallest absolute Gasteiger partial charge is 0.123 e. The molecular formula is C18H21NO. The van der Waals surface area contributed by atoms with Crippen LogP contribution in [0.5, 0.6) is 5.75 Å². The fraction of sp³-hybridized carbons (Fsp3) is 0.333. The molecule has 0 aliphatic carbocycles. The first-order valence-corrected chi connectivity index (χ1v) is 7.10. The molecule has 0 bridgehead atoms. The third kappa shape index (κ3) is 2.32. The van der Waals surface area contributed by atoms with Gasteiger partial charge in [-0.1, -0.05) is 18.2 Å². The molecule has 0 spiro atoms. The Kier molecular flexibility index (Phi) is 3.06. The molecule has 2 N–H and O–H groups in total. The highest BCUT2D eigenvalue weighted by molar-refractivity contribution is 5.70. The molecule has 20 heavy (non-hydrogen) atoms. The lowest BCUT2D eigenvalue weighted by Crippen LogP contribution is -2.24. The second-order valence-electron chi connectivity index (χ2n) is 6.21. The minimum absolute atomic E-state index is 0.0882. The lowest BCUT2D eigenvalue weighted by molar-refractivity contribution is 0.138. The number of rotatable bonds is 2. The zero-order valence-corrected chi connectivity index (χ0v) is 12.4. The van der Waals surface area contributed by atoms with Crippen LogP contribution < -0.4 is 10.5 Å². The van der Waals surface area contributed by atoms with Crippen LogP contribution >= 0.6 is 0 Å². The van der Waals surface area contributed by atoms with Crippen LogP contribution in [0.1, 0.15) is 30.5 Å². The number of hydrogen-bond acceptors (Lipinski definition) is 2. The first-order chi connectivity index (χ1) is 9.48. The molecule has 104 valence electrons. The Labute approximate surface area is 120 Å². The average molecular weight is 267 g/mol. The summed E-state index contributed by atoms with van der Waals surface area (Å²) in [5.74, 6) is 1.02. The summed E-state index contributed by atoms with van der Waals surface area (Å²) in [5.41, 5.74) is 11.9. The number of hydrogen-bond donors (Lipinski definition) is 1. The van der Waals surface area contributed by atoms with E-state index in [-0.39, 0.29) is 5.60 Å². The van der Waals surface area contributed by atoms with Crippen molar-refractivity contribution >= 4 is 0 Å². The lowest BCUT2D eigenvalue weighted by atomic mass is 9.94. The molecule has 0 radical (unpaired) electrons. The highest BCUT2D eigenvalue weighted by atomic mass is 16.5. The minimum atomic E-state index is -0.0882. The minimum Gasteiger partial charge on any atom is -0.487 e. The first-order valence-electron chi connectivity index (χ1n) is 7.10. The average Bonchev–Trinajstić information content (AvgIpc) is 2.72. The maximum absolute atomic E-state index is 5.94. The molecule has 0 amide bonds. The molecule has 2 nitrogen and oxygen atoms in total. The molecule has 0 saturated carbocycles. The Morgan fingerprint density at radius 1 is 1.15 bits per heavy atom. The van der Waals surface area contributed by atoms with Gasteiger partial charge in [0.15, 0.2) is 0 Å². The molecule has 1 heterocycles. The van der Waals surface area contributed by atoms with Crippen molar-refractivity contribution in [3.05, 3.63) is 53.1 Å². The predicted molar refractivity (Wildman–Crippen MR) is 82.9 cm³/mol. The van der Waals surface area contributed by atoms with Crippen LogP contribution in [0.3, 0.4) is 0 Å². The first kappa shape index (κ1) is 13.2. The van der Waals surface area contributed by atoms with Crippen molar-refractivity contribution in [1.82, 2.24) is 0 Å². The summed E-state index contributed by atoms with van der Waals surface area (Å²) in [6.45, 7) is 6.98. The number of benzene rings is 2. The second-order valence-corrected chi connectivity index (χ2v) is 6.21. The molecule has 3 rings (SSSR count). The quantitative estimate of drug-likeness (QED) is 0.897. The number of ether oxygens (including phenoxy) is 1. The molecule has 2 heteroatoms. The Bertz CT molecular complexity index is 658. The SMILES string of the molecule is Cc1ccc(CN)cc1-c1ccc2c(c1)CC(C)(C)O2. The van der Waals surface area contributed by atoms with E-state index in [1.54, 1.807) is 0 Å². The van der Waals surface area contributed by atoms with Gasteiger partial charge >= 0.3 is 0 Å². The van der Waals surface area contributed by atoms with Gasteiger partial charge in [-0.2, -0.15) is 0 Å². The second kappa shape index (κ2) is 4.64. The molecule has 0 unspecified atom stereocenters. The van der Waals surface area contributed by atoms with Crippen molar-refractivity contribution in [1.29, 1.82) is 0 Å². The van der Waals surface area contributed by atoms with Crippen molar-refractivity contribution in [2.75, 3.05) is 0 Å². The topological polar surface area (TPSA) is 35.2 Å². The summed E-state index contributed by atoms with van der Waals surface area (Å²) in [5, 5.41) is 0. The number of nitrogens with two attached hydrogens (primary N) is 1. The summed E-state index contributed by atoms with van der Waals surface area (Å²) in [4.78, 5) is 0. The zero-order chi connectivity index (χ0) is 14.3. The Hall–Kier alpha value is -1.80. The van der Waals surface area contributed by atoms with E-state index in [2.05, 4.69) is 57.2 Å². The van der Waals surface area contributed by atoms with Crippen molar-refractivity contribution < 1.29 is 4.74 Å². The van der Waals surface area contributed by atoms with Gasteiger partial charge in [-0.05, 0) is 66.8 Å². The largest absolute Gasteiger partial charge is 0.487 e. The van der Waals surface area contributed by atoms with E-state index < -0.39 is 0 Å². The molecule has 2 aromatic carbocycles. The van der Waals surface area contributed by atoms with Gasteiger partial charge in [0.05, 0.1) is 0 Å². The monoisotopic (exact) mass is 267 g/mol. The van der Waals surface area contributed by atoms with Crippen molar-refractivity contribution in [2.24, 2.45) is 5.73 Å². The van der Waals surface area contributed by atoms with E-state index in [1.165, 1.54) is 27.8 Å². The summed E-state index contributed by atoms with van der Waals surface area (Å²) < 4.78 is 5.94. The number of fused-ring (bicyclic) bond motifs is 1. The fourth-order valence-corrected chi connectivity index (χ4v) is 2.88. The van der Waals surface area contributed by atoms with E-state index in [0.29, 0.717) is 6.54 Å². The Morgan fingerprint density at radius 3 is 2.70 bits per heavy atom. The van der Waals surface area contributed by atoms with Crippen LogP contribution in [0.2, 0.25) is 0 Å². The van der Waals surface area contributed by atoms with E-state index in [0.717, 1.165) is 12.2 Å². The Morgan fingerprint density at radius 2 is 1.95 bits per heavy atom. The maximum Gasteiger partial charge on any atom is 0.123 e. The molecule has 1 aliphatic rings. The van der Waals surface area contributed by atoms with Gasteiger partial charge in [0, 0.05) is 13.0 Å². The van der Waals surface area contributed by atoms with Gasteiger partial charge in [0.1, 0.15) is 11.4 Å². The van der Waals surface area contributed by atoms with E-state index >= 15 is 0 Å². The molecule has 0 fully saturated rings.